The van der Waals surface area contributed by atoms with Crippen LogP contribution in [0.5, 0.6) is 0 Å². The summed E-state index contributed by atoms with van der Waals surface area (Å²) in [4.78, 5) is 0. The third-order valence-electron chi connectivity index (χ3n) is 1.69. The van der Waals surface area contributed by atoms with E-state index in [-0.39, 0.29) is 0 Å². The minimum Gasteiger partial charge on any atom is -0.0814 e. The van der Waals surface area contributed by atoms with E-state index in [0.29, 0.717) is 0 Å². The highest BCUT2D eigenvalue weighted by atomic mass is 127. The van der Waals surface area contributed by atoms with Crippen LogP contribution in [0.1, 0.15) is 19.4 Å². The Bertz CT molecular complexity index is 283. The Kier molecular flexibility index (Phi) is 3.79. The molecule has 0 nitrogen and oxygen atoms in total. The fourth-order valence-electron chi connectivity index (χ4n) is 0.978. The first-order valence-corrected chi connectivity index (χ1v) is 5.15. The van der Waals surface area contributed by atoms with Gasteiger partial charge >= 0.3 is 0 Å². The van der Waals surface area contributed by atoms with Crippen LogP contribution in [0.3, 0.4) is 0 Å². The maximum absolute atomic E-state index is 2.38. The fourth-order valence-corrected chi connectivity index (χ4v) is 1.59. The zero-order valence-corrected chi connectivity index (χ0v) is 9.63. The molecule has 0 atom stereocenters. The Labute approximate surface area is 87.8 Å². The normalized spacial score (nSPS) is 9.58. The van der Waals surface area contributed by atoms with Crippen LogP contribution in [0.2, 0.25) is 0 Å². The Morgan fingerprint density at radius 1 is 1.33 bits per heavy atom. The molecule has 0 saturated heterocycles. The summed E-state index contributed by atoms with van der Waals surface area (Å²) < 4.78 is 1.35. The van der Waals surface area contributed by atoms with Gasteiger partial charge in [0.15, 0.2) is 0 Å². The zero-order valence-electron chi connectivity index (χ0n) is 7.47. The predicted molar refractivity (Wildman–Crippen MR) is 62.3 cm³/mol. The smallest absolute Gasteiger partial charge is 0.0165 e. The van der Waals surface area contributed by atoms with Crippen LogP contribution < -0.4 is 0 Å². The molecule has 0 spiro atoms. The lowest BCUT2D eigenvalue weighted by molar-refractivity contribution is 1.20. The van der Waals surface area contributed by atoms with E-state index in [1.54, 1.807) is 0 Å². The van der Waals surface area contributed by atoms with E-state index in [1.807, 2.05) is 0 Å². The summed E-state index contributed by atoms with van der Waals surface area (Å²) in [6.45, 7) is 4.27. The quantitative estimate of drug-likeness (QED) is 0.567. The second-order valence-corrected chi connectivity index (χ2v) is 4.24. The van der Waals surface area contributed by atoms with Gasteiger partial charge in [-0.2, -0.15) is 0 Å². The molecule has 1 aromatic rings. The Balaban J connectivity index is 2.76. The van der Waals surface area contributed by atoms with E-state index >= 15 is 0 Å². The van der Waals surface area contributed by atoms with Crippen LogP contribution >= 0.6 is 22.6 Å². The van der Waals surface area contributed by atoms with Gasteiger partial charge in [0, 0.05) is 3.57 Å². The Morgan fingerprint density at radius 3 is 2.58 bits per heavy atom. The molecule has 64 valence electrons. The van der Waals surface area contributed by atoms with Gasteiger partial charge in [-0.25, -0.2) is 0 Å². The fraction of sp³-hybridized carbons (Fsp3) is 0.273. The lowest BCUT2D eigenvalue weighted by atomic mass is 10.1. The van der Waals surface area contributed by atoms with Crippen molar-refractivity contribution in [3.63, 3.8) is 0 Å². The van der Waals surface area contributed by atoms with Gasteiger partial charge in [0.05, 0.1) is 0 Å². The molecule has 0 fully saturated rings. The number of allylic oxidation sites excluding steroid dienone is 2. The molecule has 0 aliphatic heterocycles. The first-order valence-electron chi connectivity index (χ1n) is 4.07. The van der Waals surface area contributed by atoms with Gasteiger partial charge in [-0.15, -0.1) is 0 Å². The molecule has 0 saturated carbocycles. The molecule has 0 aromatic heterocycles. The highest BCUT2D eigenvalue weighted by Gasteiger charge is 1.94. The van der Waals surface area contributed by atoms with Crippen molar-refractivity contribution in [1.29, 1.82) is 0 Å². The highest BCUT2D eigenvalue weighted by molar-refractivity contribution is 14.1. The largest absolute Gasteiger partial charge is 0.0814 e. The summed E-state index contributed by atoms with van der Waals surface area (Å²) in [6.07, 6.45) is 3.32. The van der Waals surface area contributed by atoms with Crippen LogP contribution in [0.25, 0.3) is 0 Å². The summed E-state index contributed by atoms with van der Waals surface area (Å²) in [7, 11) is 0. The van der Waals surface area contributed by atoms with Crippen LogP contribution in [-0.2, 0) is 6.42 Å². The third kappa shape index (κ3) is 2.97. The molecule has 1 heteroatoms. The van der Waals surface area contributed by atoms with Crippen molar-refractivity contribution in [3.8, 4) is 0 Å². The Morgan fingerprint density at radius 2 is 2.00 bits per heavy atom. The molecule has 12 heavy (non-hydrogen) atoms. The molecule has 0 amide bonds. The van der Waals surface area contributed by atoms with E-state index in [4.69, 9.17) is 0 Å². The number of rotatable bonds is 2. The lowest BCUT2D eigenvalue weighted by Gasteiger charge is -1.99. The SMILES string of the molecule is CC(C)=CCc1ccccc1I. The van der Waals surface area contributed by atoms with Gasteiger partial charge in [-0.05, 0) is 54.5 Å². The van der Waals surface area contributed by atoms with E-state index < -0.39 is 0 Å². The topological polar surface area (TPSA) is 0 Å². The molecule has 0 radical (unpaired) electrons. The van der Waals surface area contributed by atoms with E-state index in [2.05, 4.69) is 66.8 Å². The summed E-state index contributed by atoms with van der Waals surface area (Å²) in [6, 6.07) is 8.50. The summed E-state index contributed by atoms with van der Waals surface area (Å²) >= 11 is 2.38. The average Bonchev–Trinajstić information content (AvgIpc) is 2.03. The maximum atomic E-state index is 2.38. The number of benzene rings is 1. The van der Waals surface area contributed by atoms with Gasteiger partial charge in [-0.1, -0.05) is 29.8 Å². The number of halogens is 1. The second kappa shape index (κ2) is 4.65. The number of hydrogen-bond acceptors (Lipinski definition) is 0. The average molecular weight is 272 g/mol. The minimum atomic E-state index is 1.06. The van der Waals surface area contributed by atoms with E-state index in [0.717, 1.165) is 6.42 Å². The molecule has 1 aromatic carbocycles. The van der Waals surface area contributed by atoms with Crippen molar-refractivity contribution in [2.45, 2.75) is 20.3 Å². The second-order valence-electron chi connectivity index (χ2n) is 3.08. The van der Waals surface area contributed by atoms with E-state index in [1.165, 1.54) is 14.7 Å². The monoisotopic (exact) mass is 272 g/mol. The van der Waals surface area contributed by atoms with E-state index in [9.17, 15) is 0 Å². The van der Waals surface area contributed by atoms with Crippen molar-refractivity contribution in [1.82, 2.24) is 0 Å². The molecule has 0 bridgehead atoms. The predicted octanol–water partition coefficient (Wildman–Crippen LogP) is 3.80. The minimum absolute atomic E-state index is 1.06. The van der Waals surface area contributed by atoms with Gasteiger partial charge < -0.3 is 0 Å². The Hall–Kier alpha value is -0.310. The van der Waals surface area contributed by atoms with Gasteiger partial charge in [-0.3, -0.25) is 0 Å². The van der Waals surface area contributed by atoms with Crippen molar-refractivity contribution < 1.29 is 0 Å². The molecule has 0 aliphatic carbocycles. The first kappa shape index (κ1) is 9.78. The summed E-state index contributed by atoms with van der Waals surface area (Å²) in [5, 5.41) is 0. The van der Waals surface area contributed by atoms with Crippen molar-refractivity contribution in [3.05, 3.63) is 45.0 Å². The summed E-state index contributed by atoms with van der Waals surface area (Å²) in [5.41, 5.74) is 2.80. The molecule has 0 heterocycles. The van der Waals surface area contributed by atoms with Crippen LogP contribution in [0.4, 0.5) is 0 Å². The molecule has 0 N–H and O–H groups in total. The van der Waals surface area contributed by atoms with Crippen molar-refractivity contribution in [2.75, 3.05) is 0 Å². The zero-order chi connectivity index (χ0) is 8.97. The molecular formula is C11H13I. The van der Waals surface area contributed by atoms with Crippen LogP contribution in [-0.4, -0.2) is 0 Å². The van der Waals surface area contributed by atoms with Gasteiger partial charge in [0.25, 0.3) is 0 Å². The first-order chi connectivity index (χ1) is 5.70. The van der Waals surface area contributed by atoms with Gasteiger partial charge in [0.2, 0.25) is 0 Å². The number of hydrogen-bond donors (Lipinski definition) is 0. The summed E-state index contributed by atoms with van der Waals surface area (Å²) in [5.74, 6) is 0. The standard InChI is InChI=1S/C11H13I/c1-9(2)7-8-10-5-3-4-6-11(10)12/h3-7H,8H2,1-2H3. The molecule has 1 rings (SSSR count). The van der Waals surface area contributed by atoms with Crippen LogP contribution in [0, 0.1) is 3.57 Å². The lowest BCUT2D eigenvalue weighted by Crippen LogP contribution is -1.85. The molecular weight excluding hydrogens is 259 g/mol. The maximum Gasteiger partial charge on any atom is 0.0165 e. The highest BCUT2D eigenvalue weighted by Crippen LogP contribution is 2.12. The van der Waals surface area contributed by atoms with Crippen LogP contribution in [0.15, 0.2) is 35.9 Å². The third-order valence-corrected chi connectivity index (χ3v) is 2.74. The van der Waals surface area contributed by atoms with Gasteiger partial charge in [0.1, 0.15) is 0 Å². The molecule has 0 unspecified atom stereocenters. The van der Waals surface area contributed by atoms with Crippen molar-refractivity contribution >= 4 is 22.6 Å². The molecule has 0 aliphatic rings. The van der Waals surface area contributed by atoms with Crippen molar-refractivity contribution in [2.24, 2.45) is 0 Å².